The summed E-state index contributed by atoms with van der Waals surface area (Å²) in [6.07, 6.45) is 6.19. The van der Waals surface area contributed by atoms with Gasteiger partial charge in [0.2, 0.25) is 5.91 Å². The van der Waals surface area contributed by atoms with Crippen molar-refractivity contribution in [2.45, 2.75) is 50.0 Å². The van der Waals surface area contributed by atoms with Crippen LogP contribution in [0.3, 0.4) is 0 Å². The normalized spacial score (nSPS) is 29.6. The lowest BCUT2D eigenvalue weighted by atomic mass is 9.43. The molecule has 0 bridgehead atoms. The average molecular weight is 384 g/mol. The summed E-state index contributed by atoms with van der Waals surface area (Å²) in [6.45, 7) is 1.79. The molecule has 28 heavy (non-hydrogen) atoms. The molecule has 0 radical (unpaired) electrons. The number of nitrogens with one attached hydrogen (secondary N) is 1. The highest BCUT2D eigenvalue weighted by Crippen LogP contribution is 2.65. The Kier molecular flexibility index (Phi) is 4.07. The largest absolute Gasteiger partial charge is 0.497 e. The highest BCUT2D eigenvalue weighted by molar-refractivity contribution is 5.90. The summed E-state index contributed by atoms with van der Waals surface area (Å²) in [6, 6.07) is 8.04. The van der Waals surface area contributed by atoms with E-state index in [-0.39, 0.29) is 18.0 Å². The number of fused-ring (bicyclic) bond motifs is 1. The summed E-state index contributed by atoms with van der Waals surface area (Å²) >= 11 is 0. The second kappa shape index (κ2) is 6.39. The molecule has 2 amide bonds. The smallest absolute Gasteiger partial charge is 0.407 e. The molecule has 2 saturated heterocycles. The molecule has 1 spiro atoms. The van der Waals surface area contributed by atoms with Gasteiger partial charge in [-0.05, 0) is 55.2 Å². The maximum atomic E-state index is 13.8. The first-order valence-electron chi connectivity index (χ1n) is 10.4. The molecule has 2 atom stereocenters. The third kappa shape index (κ3) is 2.68. The van der Waals surface area contributed by atoms with Gasteiger partial charge in [-0.25, -0.2) is 4.79 Å². The highest BCUT2D eigenvalue weighted by atomic mass is 16.6. The van der Waals surface area contributed by atoms with E-state index in [2.05, 4.69) is 17.4 Å². The Morgan fingerprint density at radius 3 is 2.64 bits per heavy atom. The standard InChI is InChI=1S/C22H28N2O4/c1-27-17-5-3-16(4-6-17)22(13-21(14-22)8-2-9-21)19(25)24-10-7-15-12-28-20(26)23-18(15)11-24/h3-6,15,18H,2,7-14H2,1H3,(H,23,26)/t15-,18+/m1/s1. The van der Waals surface area contributed by atoms with Crippen molar-refractivity contribution >= 4 is 12.0 Å². The molecule has 2 saturated carbocycles. The number of ether oxygens (including phenoxy) is 2. The summed E-state index contributed by atoms with van der Waals surface area (Å²) in [4.78, 5) is 27.4. The number of carbonyl (C=O) groups excluding carboxylic acids is 2. The van der Waals surface area contributed by atoms with Crippen LogP contribution >= 0.6 is 0 Å². The molecule has 6 heteroatoms. The van der Waals surface area contributed by atoms with E-state index < -0.39 is 5.41 Å². The Morgan fingerprint density at radius 2 is 2.00 bits per heavy atom. The van der Waals surface area contributed by atoms with Gasteiger partial charge in [0.05, 0.1) is 25.2 Å². The van der Waals surface area contributed by atoms with E-state index in [9.17, 15) is 9.59 Å². The van der Waals surface area contributed by atoms with Crippen LogP contribution in [-0.4, -0.2) is 49.7 Å². The van der Waals surface area contributed by atoms with Crippen LogP contribution in [0.25, 0.3) is 0 Å². The SMILES string of the molecule is COc1ccc(C2(C(=O)N3CC[C@@H]4COC(=O)N[C@H]4C3)CC3(CCC3)C2)cc1. The van der Waals surface area contributed by atoms with Gasteiger partial charge in [-0.15, -0.1) is 0 Å². The molecular formula is C22H28N2O4. The Balaban J connectivity index is 1.39. The van der Waals surface area contributed by atoms with E-state index in [0.717, 1.165) is 37.1 Å². The van der Waals surface area contributed by atoms with Crippen molar-refractivity contribution in [3.63, 3.8) is 0 Å². The molecule has 5 rings (SSSR count). The molecule has 2 heterocycles. The van der Waals surface area contributed by atoms with E-state index in [1.807, 2.05) is 17.0 Å². The molecule has 4 fully saturated rings. The van der Waals surface area contributed by atoms with Crippen LogP contribution in [-0.2, 0) is 14.9 Å². The van der Waals surface area contributed by atoms with Crippen LogP contribution in [0.1, 0.15) is 44.1 Å². The van der Waals surface area contributed by atoms with E-state index in [1.54, 1.807) is 7.11 Å². The fourth-order valence-corrected chi connectivity index (χ4v) is 5.87. The summed E-state index contributed by atoms with van der Waals surface area (Å²) in [7, 11) is 1.66. The summed E-state index contributed by atoms with van der Waals surface area (Å²) < 4.78 is 10.4. The van der Waals surface area contributed by atoms with Crippen LogP contribution < -0.4 is 10.1 Å². The third-order valence-corrected chi connectivity index (χ3v) is 7.59. The van der Waals surface area contributed by atoms with Crippen molar-refractivity contribution in [3.05, 3.63) is 29.8 Å². The van der Waals surface area contributed by atoms with E-state index in [1.165, 1.54) is 19.3 Å². The predicted octanol–water partition coefficient (Wildman–Crippen LogP) is 2.85. The van der Waals surface area contributed by atoms with Gasteiger partial charge >= 0.3 is 6.09 Å². The number of cyclic esters (lactones) is 1. The Hall–Kier alpha value is -2.24. The Bertz CT molecular complexity index is 778. The molecule has 2 aliphatic carbocycles. The average Bonchev–Trinajstić information content (AvgIpc) is 2.66. The zero-order chi connectivity index (χ0) is 19.4. The first kappa shape index (κ1) is 17.8. The van der Waals surface area contributed by atoms with Crippen molar-refractivity contribution < 1.29 is 19.1 Å². The topological polar surface area (TPSA) is 67.9 Å². The second-order valence-corrected chi connectivity index (χ2v) is 9.17. The molecule has 1 N–H and O–H groups in total. The maximum absolute atomic E-state index is 13.8. The number of hydrogen-bond acceptors (Lipinski definition) is 4. The fourth-order valence-electron chi connectivity index (χ4n) is 5.87. The van der Waals surface area contributed by atoms with Gasteiger partial charge in [-0.2, -0.15) is 0 Å². The number of benzene rings is 1. The zero-order valence-electron chi connectivity index (χ0n) is 16.4. The Morgan fingerprint density at radius 1 is 1.25 bits per heavy atom. The van der Waals surface area contributed by atoms with Crippen LogP contribution in [0.15, 0.2) is 24.3 Å². The van der Waals surface area contributed by atoms with Crippen molar-refractivity contribution in [1.82, 2.24) is 10.2 Å². The monoisotopic (exact) mass is 384 g/mol. The number of nitrogens with zero attached hydrogens (tertiary/aromatic N) is 1. The van der Waals surface area contributed by atoms with Gasteiger partial charge < -0.3 is 19.7 Å². The van der Waals surface area contributed by atoms with Crippen molar-refractivity contribution in [2.75, 3.05) is 26.8 Å². The first-order valence-corrected chi connectivity index (χ1v) is 10.4. The molecule has 6 nitrogen and oxygen atoms in total. The van der Waals surface area contributed by atoms with Crippen LogP contribution in [0, 0.1) is 11.3 Å². The van der Waals surface area contributed by atoms with E-state index in [0.29, 0.717) is 24.5 Å². The molecule has 4 aliphatic rings. The van der Waals surface area contributed by atoms with Gasteiger partial charge in [-0.3, -0.25) is 4.79 Å². The Labute approximate surface area is 165 Å². The number of hydrogen-bond donors (Lipinski definition) is 1. The summed E-state index contributed by atoms with van der Waals surface area (Å²) in [5.74, 6) is 1.35. The number of carbonyl (C=O) groups is 2. The van der Waals surface area contributed by atoms with Gasteiger partial charge in [0.15, 0.2) is 0 Å². The van der Waals surface area contributed by atoms with Crippen LogP contribution in [0.5, 0.6) is 5.75 Å². The molecular weight excluding hydrogens is 356 g/mol. The van der Waals surface area contributed by atoms with Gasteiger partial charge in [0.25, 0.3) is 0 Å². The summed E-state index contributed by atoms with van der Waals surface area (Å²) in [5.41, 5.74) is 1.06. The molecule has 0 unspecified atom stereocenters. The number of piperidine rings is 1. The predicted molar refractivity (Wildman–Crippen MR) is 103 cm³/mol. The minimum atomic E-state index is -0.422. The molecule has 1 aromatic rings. The molecule has 2 aliphatic heterocycles. The zero-order valence-corrected chi connectivity index (χ0v) is 16.4. The first-order chi connectivity index (χ1) is 13.5. The third-order valence-electron chi connectivity index (χ3n) is 7.59. The highest BCUT2D eigenvalue weighted by Gasteiger charge is 2.62. The second-order valence-electron chi connectivity index (χ2n) is 9.17. The number of alkyl carbamates (subject to hydrolysis) is 1. The van der Waals surface area contributed by atoms with Crippen LogP contribution in [0.4, 0.5) is 4.79 Å². The maximum Gasteiger partial charge on any atom is 0.407 e. The van der Waals surface area contributed by atoms with Crippen molar-refractivity contribution in [3.8, 4) is 5.75 Å². The van der Waals surface area contributed by atoms with Crippen LogP contribution in [0.2, 0.25) is 0 Å². The number of likely N-dealkylation sites (tertiary alicyclic amines) is 1. The van der Waals surface area contributed by atoms with Crippen molar-refractivity contribution in [1.29, 1.82) is 0 Å². The molecule has 1 aromatic carbocycles. The molecule has 0 aromatic heterocycles. The minimum absolute atomic E-state index is 0.00427. The number of amides is 2. The van der Waals surface area contributed by atoms with Gasteiger partial charge in [-0.1, -0.05) is 18.6 Å². The van der Waals surface area contributed by atoms with Crippen molar-refractivity contribution in [2.24, 2.45) is 11.3 Å². The lowest BCUT2D eigenvalue weighted by molar-refractivity contribution is -0.156. The summed E-state index contributed by atoms with van der Waals surface area (Å²) in [5, 5.41) is 2.91. The quantitative estimate of drug-likeness (QED) is 0.870. The van der Waals surface area contributed by atoms with Gasteiger partial charge in [0.1, 0.15) is 5.75 Å². The van der Waals surface area contributed by atoms with E-state index in [4.69, 9.17) is 9.47 Å². The lowest BCUT2D eigenvalue weighted by Gasteiger charge is -2.61. The van der Waals surface area contributed by atoms with E-state index >= 15 is 0 Å². The van der Waals surface area contributed by atoms with Gasteiger partial charge in [0, 0.05) is 19.0 Å². The fraction of sp³-hybridized carbons (Fsp3) is 0.636. The minimum Gasteiger partial charge on any atom is -0.497 e. The number of methoxy groups -OCH3 is 1. The number of rotatable bonds is 3. The molecule has 150 valence electrons. The lowest BCUT2D eigenvalue weighted by Crippen LogP contribution is -2.65.